The molecule has 0 aliphatic heterocycles. The Bertz CT molecular complexity index is 462. The molecule has 0 bridgehead atoms. The fraction of sp³-hybridized carbons (Fsp3) is 0.417. The van der Waals surface area contributed by atoms with Gasteiger partial charge in [-0.15, -0.1) is 0 Å². The standard InChI is InChI=1S/C12H15N5O/c1-2-18-11-5-3-4-10(8-11)12(9-13)15-6-7-16-17-14/h3-5,8,12,15H,2,6-7H2,1H3. The first-order valence-corrected chi connectivity index (χ1v) is 5.68. The zero-order valence-electron chi connectivity index (χ0n) is 10.2. The summed E-state index contributed by atoms with van der Waals surface area (Å²) < 4.78 is 5.38. The van der Waals surface area contributed by atoms with Crippen molar-refractivity contribution < 1.29 is 4.74 Å². The molecule has 0 spiro atoms. The van der Waals surface area contributed by atoms with Crippen LogP contribution < -0.4 is 10.1 Å². The number of hydrogen-bond acceptors (Lipinski definition) is 4. The van der Waals surface area contributed by atoms with Gasteiger partial charge in [0.2, 0.25) is 0 Å². The third kappa shape index (κ3) is 4.34. The van der Waals surface area contributed by atoms with Crippen molar-refractivity contribution in [2.24, 2.45) is 5.11 Å². The topological polar surface area (TPSA) is 93.8 Å². The second-order valence-corrected chi connectivity index (χ2v) is 3.48. The van der Waals surface area contributed by atoms with Gasteiger partial charge in [0, 0.05) is 18.0 Å². The minimum absolute atomic E-state index is 0.319. The Balaban J connectivity index is 2.66. The molecule has 0 aliphatic carbocycles. The molecule has 1 unspecified atom stereocenters. The van der Waals surface area contributed by atoms with Crippen LogP contribution in [0.4, 0.5) is 0 Å². The molecule has 94 valence electrons. The average Bonchev–Trinajstić information content (AvgIpc) is 2.40. The van der Waals surface area contributed by atoms with Crippen molar-refractivity contribution >= 4 is 0 Å². The van der Waals surface area contributed by atoms with Crippen molar-refractivity contribution in [2.75, 3.05) is 19.7 Å². The third-order valence-corrected chi connectivity index (χ3v) is 2.26. The van der Waals surface area contributed by atoms with Crippen molar-refractivity contribution in [3.63, 3.8) is 0 Å². The Morgan fingerprint density at radius 2 is 2.44 bits per heavy atom. The Morgan fingerprint density at radius 1 is 1.61 bits per heavy atom. The van der Waals surface area contributed by atoms with Gasteiger partial charge in [0.25, 0.3) is 0 Å². The van der Waals surface area contributed by atoms with Crippen molar-refractivity contribution in [3.05, 3.63) is 40.3 Å². The first-order valence-electron chi connectivity index (χ1n) is 5.68. The summed E-state index contributed by atoms with van der Waals surface area (Å²) in [7, 11) is 0. The van der Waals surface area contributed by atoms with Crippen LogP contribution in [0, 0.1) is 11.3 Å². The minimum atomic E-state index is -0.431. The average molecular weight is 245 g/mol. The Morgan fingerprint density at radius 3 is 3.11 bits per heavy atom. The van der Waals surface area contributed by atoms with Crippen LogP contribution in [0.1, 0.15) is 18.5 Å². The van der Waals surface area contributed by atoms with Gasteiger partial charge in [0.15, 0.2) is 0 Å². The predicted molar refractivity (Wildman–Crippen MR) is 68.0 cm³/mol. The SMILES string of the molecule is CCOc1cccc(C(C#N)NCCN=[N+]=[N-])c1. The van der Waals surface area contributed by atoms with E-state index in [1.807, 2.05) is 31.2 Å². The molecular formula is C12H15N5O. The first-order chi connectivity index (χ1) is 8.81. The van der Waals surface area contributed by atoms with E-state index in [1.54, 1.807) is 0 Å². The number of hydrogen-bond donors (Lipinski definition) is 1. The van der Waals surface area contributed by atoms with E-state index in [1.165, 1.54) is 0 Å². The van der Waals surface area contributed by atoms with E-state index in [0.29, 0.717) is 19.7 Å². The molecule has 0 heterocycles. The molecule has 0 aromatic heterocycles. The molecule has 0 fully saturated rings. The number of nitrogens with one attached hydrogen (secondary N) is 1. The highest BCUT2D eigenvalue weighted by molar-refractivity contribution is 5.33. The molecule has 1 N–H and O–H groups in total. The van der Waals surface area contributed by atoms with E-state index in [0.717, 1.165) is 11.3 Å². The van der Waals surface area contributed by atoms with E-state index in [4.69, 9.17) is 15.5 Å². The summed E-state index contributed by atoms with van der Waals surface area (Å²) in [5.74, 6) is 0.743. The fourth-order valence-electron chi connectivity index (χ4n) is 1.49. The summed E-state index contributed by atoms with van der Waals surface area (Å²) in [5.41, 5.74) is 8.99. The molecule has 0 aliphatic rings. The number of rotatable bonds is 7. The number of azide groups is 1. The maximum Gasteiger partial charge on any atom is 0.121 e. The Hall–Kier alpha value is -2.22. The Kier molecular flexibility index (Phi) is 6.12. The summed E-state index contributed by atoms with van der Waals surface area (Å²) in [6.07, 6.45) is 0. The van der Waals surface area contributed by atoms with Gasteiger partial charge in [-0.1, -0.05) is 17.2 Å². The van der Waals surface area contributed by atoms with Crippen LogP contribution in [-0.4, -0.2) is 19.7 Å². The van der Waals surface area contributed by atoms with E-state index in [9.17, 15) is 0 Å². The van der Waals surface area contributed by atoms with Gasteiger partial charge in [-0.05, 0) is 30.2 Å². The number of nitrogens with zero attached hydrogens (tertiary/aromatic N) is 4. The van der Waals surface area contributed by atoms with Crippen LogP contribution in [0.2, 0.25) is 0 Å². The normalized spacial score (nSPS) is 11.1. The molecule has 18 heavy (non-hydrogen) atoms. The van der Waals surface area contributed by atoms with Crippen molar-refractivity contribution in [1.29, 1.82) is 5.26 Å². The lowest BCUT2D eigenvalue weighted by atomic mass is 10.1. The zero-order valence-corrected chi connectivity index (χ0v) is 10.2. The molecule has 0 saturated carbocycles. The highest BCUT2D eigenvalue weighted by Gasteiger charge is 2.09. The van der Waals surface area contributed by atoms with Crippen molar-refractivity contribution in [1.82, 2.24) is 5.32 Å². The second kappa shape index (κ2) is 7.96. The molecule has 6 heteroatoms. The van der Waals surface area contributed by atoms with Crippen molar-refractivity contribution in [3.8, 4) is 11.8 Å². The highest BCUT2D eigenvalue weighted by atomic mass is 16.5. The smallest absolute Gasteiger partial charge is 0.121 e. The monoisotopic (exact) mass is 245 g/mol. The molecule has 0 saturated heterocycles. The first kappa shape index (κ1) is 13.8. The maximum absolute atomic E-state index is 9.10. The minimum Gasteiger partial charge on any atom is -0.494 e. The van der Waals surface area contributed by atoms with Gasteiger partial charge >= 0.3 is 0 Å². The lowest BCUT2D eigenvalue weighted by molar-refractivity contribution is 0.339. The van der Waals surface area contributed by atoms with Crippen LogP contribution in [-0.2, 0) is 0 Å². The van der Waals surface area contributed by atoms with E-state index >= 15 is 0 Å². The molecule has 0 radical (unpaired) electrons. The van der Waals surface area contributed by atoms with Gasteiger partial charge in [0.1, 0.15) is 11.8 Å². The van der Waals surface area contributed by atoms with E-state index in [-0.39, 0.29) is 0 Å². The molecule has 1 aromatic carbocycles. The summed E-state index contributed by atoms with van der Waals surface area (Å²) >= 11 is 0. The molecule has 0 amide bonds. The molecule has 1 aromatic rings. The summed E-state index contributed by atoms with van der Waals surface area (Å²) in [5, 5.41) is 15.5. The molecule has 6 nitrogen and oxygen atoms in total. The van der Waals surface area contributed by atoms with Gasteiger partial charge in [0.05, 0.1) is 12.7 Å². The number of nitriles is 1. The van der Waals surface area contributed by atoms with Crippen LogP contribution >= 0.6 is 0 Å². The largest absolute Gasteiger partial charge is 0.494 e. The predicted octanol–water partition coefficient (Wildman–Crippen LogP) is 2.55. The second-order valence-electron chi connectivity index (χ2n) is 3.48. The molecule has 1 atom stereocenters. The summed E-state index contributed by atoms with van der Waals surface area (Å²) in [6.45, 7) is 3.28. The van der Waals surface area contributed by atoms with Crippen LogP contribution in [0.15, 0.2) is 29.4 Å². The van der Waals surface area contributed by atoms with E-state index in [2.05, 4.69) is 21.4 Å². The molecule has 1 rings (SSSR count). The van der Waals surface area contributed by atoms with Crippen LogP contribution in [0.5, 0.6) is 5.75 Å². The lowest BCUT2D eigenvalue weighted by Gasteiger charge is -2.12. The third-order valence-electron chi connectivity index (χ3n) is 2.26. The van der Waals surface area contributed by atoms with Crippen molar-refractivity contribution in [2.45, 2.75) is 13.0 Å². The van der Waals surface area contributed by atoms with Gasteiger partial charge in [-0.2, -0.15) is 5.26 Å². The fourth-order valence-corrected chi connectivity index (χ4v) is 1.49. The molecular weight excluding hydrogens is 230 g/mol. The number of benzene rings is 1. The zero-order chi connectivity index (χ0) is 13.2. The summed E-state index contributed by atoms with van der Waals surface area (Å²) in [4.78, 5) is 2.65. The lowest BCUT2D eigenvalue weighted by Crippen LogP contribution is -2.22. The van der Waals surface area contributed by atoms with Crippen LogP contribution in [0.25, 0.3) is 10.4 Å². The van der Waals surface area contributed by atoms with E-state index < -0.39 is 6.04 Å². The maximum atomic E-state index is 9.10. The van der Waals surface area contributed by atoms with Gasteiger partial charge in [-0.25, -0.2) is 0 Å². The highest BCUT2D eigenvalue weighted by Crippen LogP contribution is 2.18. The van der Waals surface area contributed by atoms with Gasteiger partial charge < -0.3 is 4.74 Å². The Labute approximate surface area is 106 Å². The van der Waals surface area contributed by atoms with Crippen LogP contribution in [0.3, 0.4) is 0 Å². The summed E-state index contributed by atoms with van der Waals surface area (Å²) in [6, 6.07) is 9.12. The van der Waals surface area contributed by atoms with Gasteiger partial charge in [-0.3, -0.25) is 5.32 Å². The quantitative estimate of drug-likeness (QED) is 0.346. The number of ether oxygens (including phenoxy) is 1.